The predicted octanol–water partition coefficient (Wildman–Crippen LogP) is 2.72. The number of carboxylic acids is 2. The molecule has 2 rings (SSSR count). The molecule has 1 aliphatic rings. The lowest BCUT2D eigenvalue weighted by Crippen LogP contribution is -2.53. The average Bonchev–Trinajstić information content (AvgIpc) is 3.50. The van der Waals surface area contributed by atoms with Gasteiger partial charge in [0.05, 0.1) is 17.5 Å². The van der Waals surface area contributed by atoms with Crippen molar-refractivity contribution in [2.75, 3.05) is 13.2 Å². The van der Waals surface area contributed by atoms with Crippen LogP contribution in [0.1, 0.15) is 55.6 Å². The molecule has 1 unspecified atom stereocenters. The first-order valence-corrected chi connectivity index (χ1v) is 12.0. The van der Waals surface area contributed by atoms with Crippen molar-refractivity contribution in [3.05, 3.63) is 22.4 Å². The van der Waals surface area contributed by atoms with Gasteiger partial charge in [0.2, 0.25) is 5.91 Å². The van der Waals surface area contributed by atoms with Crippen molar-refractivity contribution in [1.82, 2.24) is 10.2 Å². The molecule has 1 amide bonds. The highest BCUT2D eigenvalue weighted by Crippen LogP contribution is 2.19. The van der Waals surface area contributed by atoms with Crippen LogP contribution in [-0.2, 0) is 23.9 Å². The van der Waals surface area contributed by atoms with Crippen molar-refractivity contribution in [2.45, 2.75) is 70.3 Å². The molecule has 202 valence electrons. The highest BCUT2D eigenvalue weighted by molar-refractivity contribution is 7.12. The molecule has 0 spiro atoms. The van der Waals surface area contributed by atoms with Crippen molar-refractivity contribution in [3.63, 3.8) is 0 Å². The van der Waals surface area contributed by atoms with Gasteiger partial charge in [0.25, 0.3) is 0 Å². The number of nitrogens with one attached hydrogen (secondary N) is 1. The van der Waals surface area contributed by atoms with Gasteiger partial charge in [0.15, 0.2) is 5.78 Å². The molecule has 0 aliphatic carbocycles. The quantitative estimate of drug-likeness (QED) is 0.285. The molecule has 3 N–H and O–H groups in total. The second-order valence-electron chi connectivity index (χ2n) is 7.82. The molecule has 36 heavy (non-hydrogen) atoms. The summed E-state index contributed by atoms with van der Waals surface area (Å²) in [6.45, 7) is 3.91. The third-order valence-electron chi connectivity index (χ3n) is 5.15. The van der Waals surface area contributed by atoms with Gasteiger partial charge in [-0.25, -0.2) is 9.59 Å². The van der Waals surface area contributed by atoms with Crippen LogP contribution >= 0.6 is 11.3 Å². The Labute approximate surface area is 209 Å². The molecule has 1 saturated heterocycles. The zero-order valence-electron chi connectivity index (χ0n) is 19.7. The molecule has 14 heteroatoms. The number of ether oxygens (including phenoxy) is 1. The number of likely N-dealkylation sites (tertiary alicyclic amines) is 1. The van der Waals surface area contributed by atoms with Gasteiger partial charge in [-0.15, -0.1) is 11.3 Å². The molecule has 0 bridgehead atoms. The summed E-state index contributed by atoms with van der Waals surface area (Å²) < 4.78 is 36.8. The number of ketones is 1. The van der Waals surface area contributed by atoms with E-state index in [2.05, 4.69) is 5.32 Å². The lowest BCUT2D eigenvalue weighted by Gasteiger charge is -2.27. The van der Waals surface area contributed by atoms with E-state index in [1.807, 2.05) is 11.4 Å². The fourth-order valence-corrected chi connectivity index (χ4v) is 4.14. The second kappa shape index (κ2) is 14.5. The van der Waals surface area contributed by atoms with Crippen molar-refractivity contribution in [2.24, 2.45) is 0 Å². The summed E-state index contributed by atoms with van der Waals surface area (Å²) in [5.74, 6) is -4.58. The first-order chi connectivity index (χ1) is 16.8. The normalized spacial score (nSPS) is 16.9. The van der Waals surface area contributed by atoms with Crippen LogP contribution < -0.4 is 5.32 Å². The lowest BCUT2D eigenvalue weighted by molar-refractivity contribution is -0.192. The summed E-state index contributed by atoms with van der Waals surface area (Å²) >= 11 is 1.38. The van der Waals surface area contributed by atoms with Gasteiger partial charge < -0.3 is 19.8 Å². The predicted molar refractivity (Wildman–Crippen MR) is 122 cm³/mol. The second-order valence-corrected chi connectivity index (χ2v) is 8.76. The van der Waals surface area contributed by atoms with Crippen molar-refractivity contribution >= 4 is 40.9 Å². The van der Waals surface area contributed by atoms with Crippen LogP contribution in [0.4, 0.5) is 13.2 Å². The molecule has 2 heterocycles. The van der Waals surface area contributed by atoms with Crippen LogP contribution in [0.3, 0.4) is 0 Å². The average molecular weight is 539 g/mol. The molecule has 1 aliphatic heterocycles. The van der Waals surface area contributed by atoms with Crippen LogP contribution in [0.2, 0.25) is 0 Å². The smallest absolute Gasteiger partial charge is 0.480 e. The summed E-state index contributed by atoms with van der Waals surface area (Å²) in [6, 6.07) is 1.28. The first kappa shape index (κ1) is 31.0. The largest absolute Gasteiger partial charge is 0.490 e. The van der Waals surface area contributed by atoms with E-state index >= 15 is 0 Å². The minimum atomic E-state index is -5.08. The van der Waals surface area contributed by atoms with E-state index in [9.17, 15) is 37.5 Å². The maximum Gasteiger partial charge on any atom is 0.490 e. The third kappa shape index (κ3) is 9.93. The number of carboxylic acid groups (broad SMARTS) is 2. The molecule has 1 fully saturated rings. The molecule has 10 nitrogen and oxygen atoms in total. The third-order valence-corrected chi connectivity index (χ3v) is 6.06. The minimum Gasteiger partial charge on any atom is -0.480 e. The number of amides is 1. The number of carbonyl (C=O) groups is 5. The van der Waals surface area contributed by atoms with Gasteiger partial charge in [-0.1, -0.05) is 6.07 Å². The maximum absolute atomic E-state index is 12.7. The molecule has 0 radical (unpaired) electrons. The van der Waals surface area contributed by atoms with Crippen molar-refractivity contribution in [1.29, 1.82) is 0 Å². The van der Waals surface area contributed by atoms with Crippen LogP contribution in [0, 0.1) is 0 Å². The van der Waals surface area contributed by atoms with Gasteiger partial charge in [0, 0.05) is 13.0 Å². The van der Waals surface area contributed by atoms with Gasteiger partial charge in [-0.05, 0) is 51.0 Å². The summed E-state index contributed by atoms with van der Waals surface area (Å²) in [7, 11) is 0. The number of esters is 1. The Balaban J connectivity index is 0.000000809. The molecule has 1 aromatic rings. The van der Waals surface area contributed by atoms with E-state index in [4.69, 9.17) is 14.6 Å². The van der Waals surface area contributed by atoms with Crippen LogP contribution in [-0.4, -0.2) is 82.2 Å². The number of thiophene rings is 1. The zero-order chi connectivity index (χ0) is 27.5. The van der Waals surface area contributed by atoms with Crippen molar-refractivity contribution < 1.29 is 52.1 Å². The molecule has 1 aromatic heterocycles. The molecule has 0 aromatic carbocycles. The van der Waals surface area contributed by atoms with Crippen LogP contribution in [0.15, 0.2) is 17.5 Å². The van der Waals surface area contributed by atoms with E-state index in [0.717, 1.165) is 0 Å². The SMILES string of the molecule is CCOC(=O)C(CCCC(=O)c1cccs1)N[C@@H](C)C(=O)N1CCC[C@H]1C(=O)O.O=C(O)C(F)(F)F. The summed E-state index contributed by atoms with van der Waals surface area (Å²) in [4.78, 5) is 59.4. The topological polar surface area (TPSA) is 150 Å². The van der Waals surface area contributed by atoms with Crippen molar-refractivity contribution in [3.8, 4) is 0 Å². The van der Waals surface area contributed by atoms with Gasteiger partial charge >= 0.3 is 24.1 Å². The molecule has 0 saturated carbocycles. The Hall–Kier alpha value is -3.00. The number of hydrogen-bond acceptors (Lipinski definition) is 8. The summed E-state index contributed by atoms with van der Waals surface area (Å²) in [5.41, 5.74) is 0. The molecular weight excluding hydrogens is 509 g/mol. The highest BCUT2D eigenvalue weighted by atomic mass is 32.1. The Morgan fingerprint density at radius 1 is 1.25 bits per heavy atom. The number of nitrogens with zero attached hydrogens (tertiary/aromatic N) is 1. The maximum atomic E-state index is 12.7. The fourth-order valence-electron chi connectivity index (χ4n) is 3.45. The molecule has 3 atom stereocenters. The van der Waals surface area contributed by atoms with E-state index in [1.165, 1.54) is 16.2 Å². The van der Waals surface area contributed by atoms with E-state index < -0.39 is 42.2 Å². The highest BCUT2D eigenvalue weighted by Gasteiger charge is 2.38. The Morgan fingerprint density at radius 3 is 2.39 bits per heavy atom. The van der Waals surface area contributed by atoms with E-state index in [0.29, 0.717) is 43.5 Å². The minimum absolute atomic E-state index is 0.0214. The summed E-state index contributed by atoms with van der Waals surface area (Å²) in [6.07, 6.45) is -2.90. The fraction of sp³-hybridized carbons (Fsp3) is 0.591. The summed E-state index contributed by atoms with van der Waals surface area (Å²) in [5, 5.41) is 21.2. The number of carbonyl (C=O) groups excluding carboxylic acids is 3. The lowest BCUT2D eigenvalue weighted by atomic mass is 10.1. The monoisotopic (exact) mass is 538 g/mol. The van der Waals surface area contributed by atoms with Crippen LogP contribution in [0.5, 0.6) is 0 Å². The number of hydrogen-bond donors (Lipinski definition) is 3. The van der Waals surface area contributed by atoms with Gasteiger partial charge in [0.1, 0.15) is 12.1 Å². The standard InChI is InChI=1S/C20H28N2O6S.C2HF3O2/c1-3-28-20(27)14(7-4-9-16(23)17-10-6-12-29-17)21-13(2)18(24)22-11-5-8-15(22)19(25)26;3-2(4,5)1(6)7/h6,10,12-15,21H,3-5,7-9,11H2,1-2H3,(H,25,26);(H,6,7)/t13-,14?,15-;/m0./s1. The Morgan fingerprint density at radius 2 is 1.89 bits per heavy atom. The van der Waals surface area contributed by atoms with Gasteiger partial charge in [-0.3, -0.25) is 19.7 Å². The number of rotatable bonds is 11. The van der Waals surface area contributed by atoms with E-state index in [1.54, 1.807) is 19.9 Å². The Kier molecular flexibility index (Phi) is 12.5. The van der Waals surface area contributed by atoms with Gasteiger partial charge in [-0.2, -0.15) is 13.2 Å². The van der Waals surface area contributed by atoms with E-state index in [-0.39, 0.29) is 18.3 Å². The number of alkyl halides is 3. The van der Waals surface area contributed by atoms with Crippen LogP contribution in [0.25, 0.3) is 0 Å². The number of aliphatic carboxylic acids is 2. The number of halogens is 3. The first-order valence-electron chi connectivity index (χ1n) is 11.1. The Bertz CT molecular complexity index is 908. The zero-order valence-corrected chi connectivity index (χ0v) is 20.6. The molecular formula is C22H29F3N2O8S. The number of Topliss-reactive ketones (excluding diaryl/α,β-unsaturated/α-hetero) is 1.